The van der Waals surface area contributed by atoms with Crippen molar-refractivity contribution in [3.8, 4) is 0 Å². The molecule has 6 nitrogen and oxygen atoms in total. The number of amides is 1. The van der Waals surface area contributed by atoms with Gasteiger partial charge in [-0.15, -0.1) is 0 Å². The Bertz CT molecular complexity index is 777. The SMILES string of the molecule is C=C(/N=C(\C)Cl)NC(C)c1cccc(NC(=O)c2ccn(C)n2)c1. The smallest absolute Gasteiger partial charge is 0.276 e. The molecule has 0 bridgehead atoms. The number of carbonyl (C=O) groups is 1. The van der Waals surface area contributed by atoms with Gasteiger partial charge in [-0.3, -0.25) is 9.48 Å². The first kappa shape index (κ1) is 17.7. The van der Waals surface area contributed by atoms with Crippen molar-refractivity contribution in [1.82, 2.24) is 15.1 Å². The molecule has 1 amide bonds. The van der Waals surface area contributed by atoms with Gasteiger partial charge in [0.25, 0.3) is 5.91 Å². The van der Waals surface area contributed by atoms with Gasteiger partial charge in [0.15, 0.2) is 5.69 Å². The topological polar surface area (TPSA) is 71.3 Å². The lowest BCUT2D eigenvalue weighted by molar-refractivity contribution is 0.102. The molecule has 1 aromatic heterocycles. The van der Waals surface area contributed by atoms with Crippen LogP contribution in [0, 0.1) is 0 Å². The molecule has 126 valence electrons. The molecule has 1 atom stereocenters. The second-order valence-corrected chi connectivity index (χ2v) is 5.92. The monoisotopic (exact) mass is 345 g/mol. The first-order valence-corrected chi connectivity index (χ1v) is 7.80. The fourth-order valence-electron chi connectivity index (χ4n) is 2.17. The van der Waals surface area contributed by atoms with E-state index in [2.05, 4.69) is 27.3 Å². The molecule has 0 saturated heterocycles. The van der Waals surface area contributed by atoms with Crippen LogP contribution in [0.15, 0.2) is 53.9 Å². The van der Waals surface area contributed by atoms with Gasteiger partial charge in [0.1, 0.15) is 11.0 Å². The van der Waals surface area contributed by atoms with Gasteiger partial charge in [-0.25, -0.2) is 4.99 Å². The average Bonchev–Trinajstić information content (AvgIpc) is 2.93. The van der Waals surface area contributed by atoms with Crippen LogP contribution in [0.4, 0.5) is 5.69 Å². The van der Waals surface area contributed by atoms with Crippen molar-refractivity contribution >= 4 is 28.4 Å². The highest BCUT2D eigenvalue weighted by molar-refractivity contribution is 6.64. The molecule has 7 heteroatoms. The van der Waals surface area contributed by atoms with E-state index in [1.54, 1.807) is 30.9 Å². The summed E-state index contributed by atoms with van der Waals surface area (Å²) in [6.45, 7) is 7.47. The van der Waals surface area contributed by atoms with Crippen LogP contribution in [-0.4, -0.2) is 20.9 Å². The number of benzene rings is 1. The van der Waals surface area contributed by atoms with E-state index in [1.165, 1.54) is 0 Å². The number of anilines is 1. The van der Waals surface area contributed by atoms with Gasteiger partial charge in [0, 0.05) is 25.0 Å². The van der Waals surface area contributed by atoms with Crippen LogP contribution >= 0.6 is 11.6 Å². The molecule has 0 fully saturated rings. The first-order chi connectivity index (χ1) is 11.3. The number of rotatable bonds is 6. The molecule has 0 spiro atoms. The molecular weight excluding hydrogens is 326 g/mol. The summed E-state index contributed by atoms with van der Waals surface area (Å²) in [6, 6.07) is 9.18. The normalized spacial score (nSPS) is 12.6. The molecule has 2 N–H and O–H groups in total. The fraction of sp³-hybridized carbons (Fsp3) is 0.235. The van der Waals surface area contributed by atoms with E-state index >= 15 is 0 Å². The Morgan fingerprint density at radius 1 is 1.42 bits per heavy atom. The second-order valence-electron chi connectivity index (χ2n) is 5.38. The van der Waals surface area contributed by atoms with Crippen molar-refractivity contribution < 1.29 is 4.79 Å². The predicted octanol–water partition coefficient (Wildman–Crippen LogP) is 3.45. The lowest BCUT2D eigenvalue weighted by Gasteiger charge is -2.16. The number of hydrogen-bond acceptors (Lipinski definition) is 4. The van der Waals surface area contributed by atoms with Gasteiger partial charge in [0.05, 0.1) is 0 Å². The molecule has 1 heterocycles. The maximum absolute atomic E-state index is 12.2. The first-order valence-electron chi connectivity index (χ1n) is 7.42. The van der Waals surface area contributed by atoms with Crippen molar-refractivity contribution in [3.63, 3.8) is 0 Å². The number of hydrogen-bond donors (Lipinski definition) is 2. The Balaban J connectivity index is 2.06. The third-order valence-corrected chi connectivity index (χ3v) is 3.35. The number of halogens is 1. The Labute approximate surface area is 146 Å². The van der Waals surface area contributed by atoms with Gasteiger partial charge in [-0.1, -0.05) is 30.3 Å². The van der Waals surface area contributed by atoms with Gasteiger partial charge in [0.2, 0.25) is 0 Å². The summed E-state index contributed by atoms with van der Waals surface area (Å²) in [6.07, 6.45) is 1.72. The zero-order chi connectivity index (χ0) is 17.7. The van der Waals surface area contributed by atoms with Crippen molar-refractivity contribution in [1.29, 1.82) is 0 Å². The lowest BCUT2D eigenvalue weighted by Crippen LogP contribution is -2.17. The zero-order valence-corrected chi connectivity index (χ0v) is 14.6. The van der Waals surface area contributed by atoms with E-state index in [-0.39, 0.29) is 11.9 Å². The molecule has 0 aliphatic carbocycles. The molecule has 0 saturated carbocycles. The zero-order valence-electron chi connectivity index (χ0n) is 13.9. The third kappa shape index (κ3) is 4.96. The van der Waals surface area contributed by atoms with Crippen molar-refractivity contribution in [2.24, 2.45) is 12.0 Å². The van der Waals surface area contributed by atoms with E-state index in [1.807, 2.05) is 31.2 Å². The van der Waals surface area contributed by atoms with Crippen LogP contribution in [0.25, 0.3) is 0 Å². The number of aliphatic imine (C=N–C) groups is 1. The predicted molar refractivity (Wildman–Crippen MR) is 97.3 cm³/mol. The summed E-state index contributed by atoms with van der Waals surface area (Å²) in [5.74, 6) is 0.234. The summed E-state index contributed by atoms with van der Waals surface area (Å²) in [4.78, 5) is 16.2. The highest BCUT2D eigenvalue weighted by atomic mass is 35.5. The minimum atomic E-state index is -0.250. The van der Waals surface area contributed by atoms with Crippen LogP contribution in [0.2, 0.25) is 0 Å². The maximum atomic E-state index is 12.2. The summed E-state index contributed by atoms with van der Waals surface area (Å²) < 4.78 is 1.59. The van der Waals surface area contributed by atoms with Crippen LogP contribution in [0.3, 0.4) is 0 Å². The largest absolute Gasteiger partial charge is 0.364 e. The molecule has 0 radical (unpaired) electrons. The van der Waals surface area contributed by atoms with Crippen molar-refractivity contribution in [3.05, 3.63) is 60.2 Å². The van der Waals surface area contributed by atoms with E-state index in [4.69, 9.17) is 11.6 Å². The molecule has 24 heavy (non-hydrogen) atoms. The maximum Gasteiger partial charge on any atom is 0.276 e. The van der Waals surface area contributed by atoms with Gasteiger partial charge in [-0.05, 0) is 37.6 Å². The number of aromatic nitrogens is 2. The van der Waals surface area contributed by atoms with Crippen LogP contribution in [0.1, 0.15) is 35.9 Å². The Morgan fingerprint density at radius 2 is 2.17 bits per heavy atom. The summed E-state index contributed by atoms with van der Waals surface area (Å²) in [5.41, 5.74) is 2.05. The number of aryl methyl sites for hydroxylation is 1. The molecule has 1 aromatic carbocycles. The fourth-order valence-corrected chi connectivity index (χ4v) is 2.27. The van der Waals surface area contributed by atoms with E-state index in [0.29, 0.717) is 22.4 Å². The summed E-state index contributed by atoms with van der Waals surface area (Å²) in [5, 5.41) is 10.5. The van der Waals surface area contributed by atoms with Crippen LogP contribution in [0.5, 0.6) is 0 Å². The number of carbonyl (C=O) groups excluding carboxylic acids is 1. The van der Waals surface area contributed by atoms with Crippen molar-refractivity contribution in [2.45, 2.75) is 19.9 Å². The minimum absolute atomic E-state index is 0.0380. The third-order valence-electron chi connectivity index (χ3n) is 3.26. The Kier molecular flexibility index (Phi) is 5.76. The summed E-state index contributed by atoms with van der Waals surface area (Å²) in [7, 11) is 1.77. The Morgan fingerprint density at radius 3 is 2.79 bits per heavy atom. The van der Waals surface area contributed by atoms with Crippen LogP contribution in [-0.2, 0) is 7.05 Å². The molecule has 2 aromatic rings. The number of nitrogens with one attached hydrogen (secondary N) is 2. The minimum Gasteiger partial charge on any atom is -0.364 e. The van der Waals surface area contributed by atoms with Crippen LogP contribution < -0.4 is 10.6 Å². The molecule has 0 aliphatic rings. The highest BCUT2D eigenvalue weighted by Gasteiger charge is 2.11. The average molecular weight is 346 g/mol. The summed E-state index contributed by atoms with van der Waals surface area (Å²) >= 11 is 5.74. The molecule has 1 unspecified atom stereocenters. The molecule has 2 rings (SSSR count). The standard InChI is InChI=1S/C17H20ClN5O/c1-11(19-13(3)20-12(2)18)14-6-5-7-15(10-14)21-17(24)16-8-9-23(4)22-16/h5-11,19H,3H2,1-2,4H3,(H,21,24)/b20-12+. The lowest BCUT2D eigenvalue weighted by atomic mass is 10.1. The van der Waals surface area contributed by atoms with Gasteiger partial charge in [-0.2, -0.15) is 5.10 Å². The van der Waals surface area contributed by atoms with E-state index in [9.17, 15) is 4.79 Å². The van der Waals surface area contributed by atoms with E-state index < -0.39 is 0 Å². The number of nitrogens with zero attached hydrogens (tertiary/aromatic N) is 3. The van der Waals surface area contributed by atoms with Gasteiger partial charge >= 0.3 is 0 Å². The second kappa shape index (κ2) is 7.79. The van der Waals surface area contributed by atoms with Crippen molar-refractivity contribution in [2.75, 3.05) is 5.32 Å². The van der Waals surface area contributed by atoms with E-state index in [0.717, 1.165) is 5.56 Å². The molecule has 0 aliphatic heterocycles. The quantitative estimate of drug-likeness (QED) is 0.788. The Hall–Kier alpha value is -2.60. The highest BCUT2D eigenvalue weighted by Crippen LogP contribution is 2.19. The van der Waals surface area contributed by atoms with Gasteiger partial charge < -0.3 is 10.6 Å². The molecular formula is C17H20ClN5O.